The SMILES string of the molecule is Cc1cc(Br)c(C(N)C2C3CC4CC(C3)CC2C4)cc1Br. The number of benzene rings is 1. The van der Waals surface area contributed by atoms with Crippen molar-refractivity contribution in [2.75, 3.05) is 0 Å². The Bertz CT molecular complexity index is 541. The Morgan fingerprint density at radius 3 is 2.10 bits per heavy atom. The van der Waals surface area contributed by atoms with Crippen LogP contribution < -0.4 is 5.73 Å². The summed E-state index contributed by atoms with van der Waals surface area (Å²) in [7, 11) is 0. The zero-order valence-corrected chi connectivity index (χ0v) is 15.7. The second-order valence-electron chi connectivity index (χ2n) is 7.66. The van der Waals surface area contributed by atoms with E-state index in [0.717, 1.165) is 23.7 Å². The van der Waals surface area contributed by atoms with E-state index in [-0.39, 0.29) is 6.04 Å². The minimum Gasteiger partial charge on any atom is -0.324 e. The minimum atomic E-state index is 0.186. The van der Waals surface area contributed by atoms with E-state index in [0.29, 0.717) is 5.92 Å². The Labute approximate surface area is 144 Å². The fraction of sp³-hybridized carbons (Fsp3) is 0.667. The van der Waals surface area contributed by atoms with Crippen LogP contribution in [-0.4, -0.2) is 0 Å². The van der Waals surface area contributed by atoms with Gasteiger partial charge in [0.25, 0.3) is 0 Å². The van der Waals surface area contributed by atoms with Crippen molar-refractivity contribution in [3.05, 3.63) is 32.2 Å². The van der Waals surface area contributed by atoms with Crippen LogP contribution in [0.1, 0.15) is 49.3 Å². The number of rotatable bonds is 2. The summed E-state index contributed by atoms with van der Waals surface area (Å²) in [6, 6.07) is 4.64. The molecule has 4 saturated carbocycles. The molecule has 0 aromatic heterocycles. The van der Waals surface area contributed by atoms with Crippen LogP contribution in [0, 0.1) is 36.5 Å². The first-order valence-electron chi connectivity index (χ1n) is 8.24. The summed E-state index contributed by atoms with van der Waals surface area (Å²) >= 11 is 7.42. The quantitative estimate of drug-likeness (QED) is 0.672. The lowest BCUT2D eigenvalue weighted by Gasteiger charge is -2.56. The van der Waals surface area contributed by atoms with Gasteiger partial charge in [-0.2, -0.15) is 0 Å². The molecule has 1 aromatic rings. The van der Waals surface area contributed by atoms with Gasteiger partial charge in [-0.3, -0.25) is 0 Å². The van der Waals surface area contributed by atoms with E-state index in [4.69, 9.17) is 5.73 Å². The van der Waals surface area contributed by atoms with Crippen molar-refractivity contribution in [2.24, 2.45) is 35.3 Å². The third-order valence-corrected chi connectivity index (χ3v) is 7.89. The number of hydrogen-bond donors (Lipinski definition) is 1. The van der Waals surface area contributed by atoms with Gasteiger partial charge in [-0.05, 0) is 91.9 Å². The van der Waals surface area contributed by atoms with Gasteiger partial charge in [0.2, 0.25) is 0 Å². The summed E-state index contributed by atoms with van der Waals surface area (Å²) < 4.78 is 2.37. The molecular formula is C18H23Br2N. The number of nitrogens with two attached hydrogens (primary N) is 1. The van der Waals surface area contributed by atoms with Crippen molar-refractivity contribution < 1.29 is 0 Å². The Hall–Kier alpha value is 0.140. The largest absolute Gasteiger partial charge is 0.324 e. The zero-order valence-electron chi connectivity index (χ0n) is 12.5. The molecule has 2 N–H and O–H groups in total. The van der Waals surface area contributed by atoms with Gasteiger partial charge in [-0.15, -0.1) is 0 Å². The molecule has 4 aliphatic rings. The van der Waals surface area contributed by atoms with Crippen LogP contribution in [0.15, 0.2) is 21.1 Å². The van der Waals surface area contributed by atoms with Crippen LogP contribution in [0.4, 0.5) is 0 Å². The molecule has 0 heterocycles. The predicted octanol–water partition coefficient (Wildman–Crippen LogP) is 5.59. The molecule has 0 amide bonds. The molecule has 3 heteroatoms. The molecule has 114 valence electrons. The van der Waals surface area contributed by atoms with Crippen molar-refractivity contribution in [3.63, 3.8) is 0 Å². The van der Waals surface area contributed by atoms with Gasteiger partial charge in [0.05, 0.1) is 0 Å². The van der Waals surface area contributed by atoms with Crippen molar-refractivity contribution >= 4 is 31.9 Å². The maximum absolute atomic E-state index is 6.79. The molecule has 4 bridgehead atoms. The van der Waals surface area contributed by atoms with Crippen molar-refractivity contribution in [1.29, 1.82) is 0 Å². The highest BCUT2D eigenvalue weighted by Crippen LogP contribution is 2.59. The molecule has 4 aliphatic carbocycles. The lowest BCUT2D eigenvalue weighted by molar-refractivity contribution is -0.0472. The first-order chi connectivity index (χ1) is 10.0. The average Bonchev–Trinajstić information content (AvgIpc) is 2.41. The monoisotopic (exact) mass is 411 g/mol. The van der Waals surface area contributed by atoms with Crippen LogP contribution in [0.25, 0.3) is 0 Å². The minimum absolute atomic E-state index is 0.186. The molecule has 0 aliphatic heterocycles. The number of halogens is 2. The standard InChI is InChI=1S/C18H23Br2N/c1-9-2-16(20)14(8-15(9)19)18(21)17-12-4-10-3-11(6-12)7-13(17)5-10/h2,8,10-13,17-18H,3-7,21H2,1H3. The fourth-order valence-electron chi connectivity index (χ4n) is 5.68. The smallest absolute Gasteiger partial charge is 0.0340 e. The van der Waals surface area contributed by atoms with Crippen LogP contribution in [0.5, 0.6) is 0 Å². The van der Waals surface area contributed by atoms with Crippen LogP contribution in [0.2, 0.25) is 0 Å². The van der Waals surface area contributed by atoms with Gasteiger partial charge in [0.1, 0.15) is 0 Å². The molecule has 1 nitrogen and oxygen atoms in total. The van der Waals surface area contributed by atoms with E-state index < -0.39 is 0 Å². The van der Waals surface area contributed by atoms with E-state index in [1.165, 1.54) is 52.2 Å². The summed E-state index contributed by atoms with van der Waals surface area (Å²) in [6.45, 7) is 2.13. The highest BCUT2D eigenvalue weighted by atomic mass is 79.9. The summed E-state index contributed by atoms with van der Waals surface area (Å²) in [5.41, 5.74) is 9.35. The molecular weight excluding hydrogens is 390 g/mol. The van der Waals surface area contributed by atoms with Crippen molar-refractivity contribution in [1.82, 2.24) is 0 Å². The van der Waals surface area contributed by atoms with E-state index in [1.54, 1.807) is 0 Å². The zero-order chi connectivity index (χ0) is 14.7. The topological polar surface area (TPSA) is 26.0 Å². The highest BCUT2D eigenvalue weighted by Gasteiger charge is 2.50. The second kappa shape index (κ2) is 5.35. The van der Waals surface area contributed by atoms with Crippen LogP contribution >= 0.6 is 31.9 Å². The first kappa shape index (κ1) is 14.7. The molecule has 21 heavy (non-hydrogen) atoms. The molecule has 1 atom stereocenters. The van der Waals surface area contributed by atoms with Gasteiger partial charge >= 0.3 is 0 Å². The van der Waals surface area contributed by atoms with Gasteiger partial charge in [-0.1, -0.05) is 31.9 Å². The lowest BCUT2D eigenvalue weighted by atomic mass is 9.50. The van der Waals surface area contributed by atoms with Crippen LogP contribution in [0.3, 0.4) is 0 Å². The number of aryl methyl sites for hydroxylation is 1. The summed E-state index contributed by atoms with van der Waals surface area (Å²) in [5.74, 6) is 4.49. The fourth-order valence-corrected chi connectivity index (χ4v) is 6.76. The van der Waals surface area contributed by atoms with Gasteiger partial charge in [-0.25, -0.2) is 0 Å². The molecule has 5 rings (SSSR count). The third kappa shape index (κ3) is 2.44. The summed E-state index contributed by atoms with van der Waals surface area (Å²) in [4.78, 5) is 0. The second-order valence-corrected chi connectivity index (χ2v) is 9.37. The molecule has 4 fully saturated rings. The van der Waals surface area contributed by atoms with Gasteiger partial charge < -0.3 is 5.73 Å². The van der Waals surface area contributed by atoms with Gasteiger partial charge in [0, 0.05) is 15.0 Å². The van der Waals surface area contributed by atoms with Gasteiger partial charge in [0.15, 0.2) is 0 Å². The first-order valence-corrected chi connectivity index (χ1v) is 9.82. The molecule has 0 saturated heterocycles. The van der Waals surface area contributed by atoms with E-state index in [9.17, 15) is 0 Å². The maximum Gasteiger partial charge on any atom is 0.0340 e. The molecule has 0 radical (unpaired) electrons. The Balaban J connectivity index is 1.66. The van der Waals surface area contributed by atoms with Crippen molar-refractivity contribution in [2.45, 2.75) is 45.1 Å². The van der Waals surface area contributed by atoms with Crippen molar-refractivity contribution in [3.8, 4) is 0 Å². The van der Waals surface area contributed by atoms with E-state index >= 15 is 0 Å². The third-order valence-electron chi connectivity index (χ3n) is 6.35. The highest BCUT2D eigenvalue weighted by molar-refractivity contribution is 9.11. The molecule has 1 aromatic carbocycles. The van der Waals surface area contributed by atoms with E-state index in [1.807, 2.05) is 0 Å². The summed E-state index contributed by atoms with van der Waals surface area (Å²) in [5, 5.41) is 0. The van der Waals surface area contributed by atoms with Crippen LogP contribution in [-0.2, 0) is 0 Å². The maximum atomic E-state index is 6.79. The Morgan fingerprint density at radius 1 is 0.952 bits per heavy atom. The Kier molecular flexibility index (Phi) is 3.75. The lowest BCUT2D eigenvalue weighted by Crippen LogP contribution is -2.48. The average molecular weight is 413 g/mol. The Morgan fingerprint density at radius 2 is 1.52 bits per heavy atom. The normalized spacial score (nSPS) is 38.8. The number of hydrogen-bond acceptors (Lipinski definition) is 1. The molecule has 1 unspecified atom stereocenters. The predicted molar refractivity (Wildman–Crippen MR) is 94.0 cm³/mol. The van der Waals surface area contributed by atoms with E-state index in [2.05, 4.69) is 50.9 Å². The molecule has 0 spiro atoms. The summed E-state index contributed by atoms with van der Waals surface area (Å²) in [6.07, 6.45) is 7.27.